The summed E-state index contributed by atoms with van der Waals surface area (Å²) in [5, 5.41) is 0.277. The van der Waals surface area contributed by atoms with Crippen molar-refractivity contribution in [3.8, 4) is 0 Å². The Bertz CT molecular complexity index is 182. The number of carbonyl (C=O) groups excluding carboxylic acids is 1. The van der Waals surface area contributed by atoms with Crippen LogP contribution in [0.3, 0.4) is 0 Å². The third-order valence-corrected chi connectivity index (χ3v) is 1.56. The second-order valence-electron chi connectivity index (χ2n) is 2.15. The molecule has 0 aliphatic carbocycles. The van der Waals surface area contributed by atoms with Crippen LogP contribution in [-0.2, 0) is 20.8 Å². The number of rotatable bonds is 3. The molecule has 0 aliphatic rings. The van der Waals surface area contributed by atoms with E-state index in [9.17, 15) is 9.00 Å². The van der Waals surface area contributed by atoms with Crippen molar-refractivity contribution < 1.29 is 13.7 Å². The molecule has 0 aromatic rings. The molecule has 11 heavy (non-hydrogen) atoms. The first-order chi connectivity index (χ1) is 5.20. The van der Waals surface area contributed by atoms with Gasteiger partial charge in [0.1, 0.15) is 11.3 Å². The molecule has 0 heterocycles. The van der Waals surface area contributed by atoms with Crippen molar-refractivity contribution in [1.29, 1.82) is 0 Å². The van der Waals surface area contributed by atoms with E-state index >= 15 is 0 Å². The number of hydrogen-bond donors (Lipinski definition) is 0. The van der Waals surface area contributed by atoms with Crippen LogP contribution in [0.1, 0.15) is 33.1 Å². The topological polar surface area (TPSA) is 43.4 Å². The molecule has 0 spiro atoms. The van der Waals surface area contributed by atoms with Crippen molar-refractivity contribution in [1.82, 2.24) is 0 Å². The molecule has 0 saturated carbocycles. The minimum atomic E-state index is -0.417. The maximum absolute atomic E-state index is 10.4. The zero-order chi connectivity index (χ0) is 8.69. The van der Waals surface area contributed by atoms with Gasteiger partial charge in [0.05, 0.1) is 0 Å². The van der Waals surface area contributed by atoms with E-state index in [0.29, 0.717) is 6.42 Å². The van der Waals surface area contributed by atoms with Crippen molar-refractivity contribution in [3.63, 3.8) is 0 Å². The van der Waals surface area contributed by atoms with Gasteiger partial charge in [-0.3, -0.25) is 4.79 Å². The highest BCUT2D eigenvalue weighted by Gasteiger charge is 2.01. The second-order valence-corrected chi connectivity index (χ2v) is 2.77. The Kier molecular flexibility index (Phi) is 5.74. The fourth-order valence-corrected chi connectivity index (χ4v) is 0.970. The first kappa shape index (κ1) is 10.4. The monoisotopic (exact) mass is 176 g/mol. The van der Waals surface area contributed by atoms with E-state index in [0.717, 1.165) is 12.8 Å². The molecule has 0 fully saturated rings. The first-order valence-electron chi connectivity index (χ1n) is 3.54. The van der Waals surface area contributed by atoms with Gasteiger partial charge in [-0.2, -0.15) is 0 Å². The molecule has 0 radical (unpaired) electrons. The van der Waals surface area contributed by atoms with Crippen LogP contribution in [0.15, 0.2) is 0 Å². The Morgan fingerprint density at radius 3 is 2.55 bits per heavy atom. The van der Waals surface area contributed by atoms with Crippen molar-refractivity contribution in [2.45, 2.75) is 33.1 Å². The van der Waals surface area contributed by atoms with Gasteiger partial charge in [-0.1, -0.05) is 13.3 Å². The number of hydrogen-bond acceptors (Lipinski definition) is 3. The molecular formula is C7H12O3S. The fourth-order valence-electron chi connectivity index (χ4n) is 0.591. The fraction of sp³-hybridized carbons (Fsp3) is 0.714. The Hall–Kier alpha value is -0.640. The molecule has 0 N–H and O–H groups in total. The normalized spacial score (nSPS) is 8.91. The Morgan fingerprint density at radius 1 is 1.55 bits per heavy atom. The average molecular weight is 176 g/mol. The lowest BCUT2D eigenvalue weighted by atomic mass is 10.3. The van der Waals surface area contributed by atoms with E-state index in [1.54, 1.807) is 0 Å². The Labute approximate surface area is 69.8 Å². The lowest BCUT2D eigenvalue weighted by Crippen LogP contribution is -2.08. The molecule has 0 saturated heterocycles. The zero-order valence-electron chi connectivity index (χ0n) is 6.75. The Balaban J connectivity index is 3.79. The van der Waals surface area contributed by atoms with Gasteiger partial charge in [-0.15, -0.1) is 0 Å². The molecule has 0 aliphatic heterocycles. The summed E-state index contributed by atoms with van der Waals surface area (Å²) >= 11 is 0.262. The van der Waals surface area contributed by atoms with Crippen molar-refractivity contribution >= 4 is 22.3 Å². The number of carbonyl (C=O) groups is 1. The van der Waals surface area contributed by atoms with E-state index in [2.05, 4.69) is 4.74 Å². The quantitative estimate of drug-likeness (QED) is 0.477. The molecule has 64 valence electrons. The number of unbranched alkanes of at least 4 members (excludes halogenated alkanes) is 1. The molecule has 0 rings (SSSR count). The third kappa shape index (κ3) is 5.79. The number of ether oxygens (including phenoxy) is 1. The van der Waals surface area contributed by atoms with Crippen molar-refractivity contribution in [3.05, 3.63) is 0 Å². The van der Waals surface area contributed by atoms with Crippen molar-refractivity contribution in [2.24, 2.45) is 0 Å². The van der Waals surface area contributed by atoms with Crippen LogP contribution in [-0.4, -0.2) is 15.2 Å². The lowest BCUT2D eigenvalue weighted by molar-refractivity contribution is -0.132. The van der Waals surface area contributed by atoms with E-state index in [4.69, 9.17) is 0 Å². The van der Waals surface area contributed by atoms with Crippen LogP contribution in [0, 0.1) is 0 Å². The summed E-state index contributed by atoms with van der Waals surface area (Å²) in [5.41, 5.74) is 0. The summed E-state index contributed by atoms with van der Waals surface area (Å²) in [6.07, 6.45) is 2.45. The van der Waals surface area contributed by atoms with Crippen molar-refractivity contribution in [2.75, 3.05) is 0 Å². The lowest BCUT2D eigenvalue weighted by Gasteiger charge is -1.99. The van der Waals surface area contributed by atoms with Crippen LogP contribution >= 0.6 is 0 Å². The molecule has 0 amide bonds. The summed E-state index contributed by atoms with van der Waals surface area (Å²) in [7, 11) is 0. The van der Waals surface area contributed by atoms with Gasteiger partial charge >= 0.3 is 5.97 Å². The van der Waals surface area contributed by atoms with Gasteiger partial charge in [-0.25, -0.2) is 4.21 Å². The van der Waals surface area contributed by atoms with E-state index in [1.807, 2.05) is 6.92 Å². The third-order valence-electron chi connectivity index (χ3n) is 1.08. The highest BCUT2D eigenvalue weighted by molar-refractivity contribution is 7.66. The second kappa shape index (κ2) is 6.09. The molecule has 0 bridgehead atoms. The van der Waals surface area contributed by atoms with Gasteiger partial charge in [0.25, 0.3) is 0 Å². The number of esters is 1. The van der Waals surface area contributed by atoms with Gasteiger partial charge in [0, 0.05) is 13.3 Å². The Morgan fingerprint density at radius 2 is 2.18 bits per heavy atom. The SMILES string of the molecule is CCCCC(OC(C)=O)=S=O. The highest BCUT2D eigenvalue weighted by Crippen LogP contribution is 1.96. The average Bonchev–Trinajstić information content (AvgIpc) is 1.97. The van der Waals surface area contributed by atoms with Gasteiger partial charge in [0.2, 0.25) is 0 Å². The predicted octanol–water partition coefficient (Wildman–Crippen LogP) is 1.08. The standard InChI is InChI=1S/C7H12O3S/c1-3-4-5-7(11-9)10-6(2)8/h3-5H2,1-2H3. The van der Waals surface area contributed by atoms with E-state index in [-0.39, 0.29) is 16.3 Å². The summed E-state index contributed by atoms with van der Waals surface area (Å²) in [4.78, 5) is 10.4. The molecule has 3 nitrogen and oxygen atoms in total. The minimum absolute atomic E-state index is 0.262. The van der Waals surface area contributed by atoms with Crippen LogP contribution in [0.5, 0.6) is 0 Å². The molecule has 0 aromatic carbocycles. The van der Waals surface area contributed by atoms with Crippen LogP contribution in [0.2, 0.25) is 0 Å². The highest BCUT2D eigenvalue weighted by atomic mass is 32.1. The zero-order valence-corrected chi connectivity index (χ0v) is 7.57. The maximum Gasteiger partial charge on any atom is 0.308 e. The smallest absolute Gasteiger partial charge is 0.308 e. The molecule has 0 aromatic heterocycles. The summed E-state index contributed by atoms with van der Waals surface area (Å²) in [6.45, 7) is 3.31. The summed E-state index contributed by atoms with van der Waals surface area (Å²) < 4.78 is 14.9. The molecule has 0 atom stereocenters. The molecular weight excluding hydrogens is 164 g/mol. The molecule has 0 unspecified atom stereocenters. The summed E-state index contributed by atoms with van der Waals surface area (Å²) in [6, 6.07) is 0. The molecule has 4 heteroatoms. The minimum Gasteiger partial charge on any atom is -0.417 e. The van der Waals surface area contributed by atoms with Gasteiger partial charge < -0.3 is 4.74 Å². The maximum atomic E-state index is 10.4. The van der Waals surface area contributed by atoms with E-state index < -0.39 is 5.97 Å². The van der Waals surface area contributed by atoms with E-state index in [1.165, 1.54) is 6.92 Å². The van der Waals surface area contributed by atoms with Crippen LogP contribution in [0.25, 0.3) is 0 Å². The predicted molar refractivity (Wildman–Crippen MR) is 44.4 cm³/mol. The first-order valence-corrected chi connectivity index (χ1v) is 4.29. The van der Waals surface area contributed by atoms with Gasteiger partial charge in [0.15, 0.2) is 5.05 Å². The largest absolute Gasteiger partial charge is 0.417 e. The summed E-state index contributed by atoms with van der Waals surface area (Å²) in [5.74, 6) is -0.417. The van der Waals surface area contributed by atoms with Crippen LogP contribution < -0.4 is 0 Å². The van der Waals surface area contributed by atoms with Gasteiger partial charge in [-0.05, 0) is 6.42 Å². The van der Waals surface area contributed by atoms with Crippen LogP contribution in [0.4, 0.5) is 0 Å².